The third-order valence-electron chi connectivity index (χ3n) is 2.21. The summed E-state index contributed by atoms with van der Waals surface area (Å²) >= 11 is 17.6. The highest BCUT2D eigenvalue weighted by molar-refractivity contribution is 6.43. The van der Waals surface area contributed by atoms with E-state index in [0.29, 0.717) is 0 Å². The third kappa shape index (κ3) is 3.22. The maximum Gasteiger partial charge on any atom is 0.278 e. The molecule has 0 bridgehead atoms. The van der Waals surface area contributed by atoms with E-state index in [1.54, 1.807) is 0 Å². The van der Waals surface area contributed by atoms with Crippen LogP contribution in [0, 0.1) is 10.1 Å². The van der Waals surface area contributed by atoms with Crippen molar-refractivity contribution >= 4 is 46.3 Å². The lowest BCUT2D eigenvalue weighted by molar-refractivity contribution is -0.384. The molecule has 6 nitrogen and oxygen atoms in total. The molecule has 0 radical (unpaired) electrons. The smallest absolute Gasteiger partial charge is 0.278 e. The number of ether oxygens (including phenoxy) is 1. The van der Waals surface area contributed by atoms with Gasteiger partial charge in [0.2, 0.25) is 5.88 Å². The van der Waals surface area contributed by atoms with Crippen molar-refractivity contribution in [3.8, 4) is 11.6 Å². The summed E-state index contributed by atoms with van der Waals surface area (Å²) < 4.78 is 5.35. The quantitative estimate of drug-likeness (QED) is 0.512. The first-order valence-corrected chi connectivity index (χ1v) is 6.24. The van der Waals surface area contributed by atoms with Crippen molar-refractivity contribution in [2.75, 3.05) is 5.73 Å². The molecule has 0 atom stereocenters. The number of aromatic nitrogens is 1. The Kier molecular flexibility index (Phi) is 4.17. The topological polar surface area (TPSA) is 91.3 Å². The molecular weight excluding hydrogens is 328 g/mol. The van der Waals surface area contributed by atoms with Crippen LogP contribution < -0.4 is 10.5 Å². The summed E-state index contributed by atoms with van der Waals surface area (Å²) in [5.41, 5.74) is 5.22. The molecule has 0 amide bonds. The Morgan fingerprint density at radius 3 is 2.40 bits per heavy atom. The molecule has 0 aliphatic rings. The predicted octanol–water partition coefficient (Wildman–Crippen LogP) is 4.32. The molecule has 104 valence electrons. The lowest BCUT2D eigenvalue weighted by atomic mass is 10.3. The third-order valence-corrected chi connectivity index (χ3v) is 3.22. The Balaban J connectivity index is 2.40. The van der Waals surface area contributed by atoms with Crippen molar-refractivity contribution in [1.29, 1.82) is 0 Å². The lowest BCUT2D eigenvalue weighted by Crippen LogP contribution is -1.97. The molecule has 0 aliphatic carbocycles. The molecule has 2 aromatic rings. The fraction of sp³-hybridized carbons (Fsp3) is 0. The van der Waals surface area contributed by atoms with Gasteiger partial charge < -0.3 is 10.5 Å². The number of nitrogen functional groups attached to an aromatic ring is 1. The minimum Gasteiger partial charge on any atom is -0.437 e. The molecule has 0 fully saturated rings. The van der Waals surface area contributed by atoms with Gasteiger partial charge in [-0.05, 0) is 6.07 Å². The highest BCUT2D eigenvalue weighted by atomic mass is 35.5. The van der Waals surface area contributed by atoms with Crippen LogP contribution in [0.25, 0.3) is 0 Å². The predicted molar refractivity (Wildman–Crippen MR) is 76.8 cm³/mol. The standard InChI is InChI=1S/C11H6Cl3N3O3/c12-6-3-8(14)9(4-7(6)13)20-11-2-5(17(18)19)1-10(15)16-11/h1-4H,(H2,15,16). The number of benzene rings is 1. The van der Waals surface area contributed by atoms with Crippen LogP contribution in [0.4, 0.5) is 11.5 Å². The van der Waals surface area contributed by atoms with Gasteiger partial charge in [0.1, 0.15) is 11.6 Å². The fourth-order valence-corrected chi connectivity index (χ4v) is 1.94. The van der Waals surface area contributed by atoms with Gasteiger partial charge in [0.25, 0.3) is 5.69 Å². The minimum absolute atomic E-state index is 0.0506. The van der Waals surface area contributed by atoms with Gasteiger partial charge in [0, 0.05) is 6.07 Å². The number of pyridine rings is 1. The van der Waals surface area contributed by atoms with E-state index in [2.05, 4.69) is 4.98 Å². The molecule has 9 heteroatoms. The Bertz CT molecular complexity index is 694. The zero-order valence-electron chi connectivity index (χ0n) is 9.64. The summed E-state index contributed by atoms with van der Waals surface area (Å²) in [6, 6.07) is 5.00. The number of halogens is 3. The number of nitro groups is 1. The van der Waals surface area contributed by atoms with E-state index in [9.17, 15) is 10.1 Å². The van der Waals surface area contributed by atoms with E-state index < -0.39 is 4.92 Å². The van der Waals surface area contributed by atoms with Gasteiger partial charge in [-0.25, -0.2) is 0 Å². The maximum absolute atomic E-state index is 10.7. The number of hydrogen-bond donors (Lipinski definition) is 1. The summed E-state index contributed by atoms with van der Waals surface area (Å²) in [7, 11) is 0. The van der Waals surface area contributed by atoms with Crippen LogP contribution in [-0.2, 0) is 0 Å². The van der Waals surface area contributed by atoms with Gasteiger partial charge in [0.15, 0.2) is 0 Å². The van der Waals surface area contributed by atoms with Crippen LogP contribution in [0.2, 0.25) is 15.1 Å². The molecule has 20 heavy (non-hydrogen) atoms. The van der Waals surface area contributed by atoms with Gasteiger partial charge in [-0.3, -0.25) is 10.1 Å². The number of hydrogen-bond acceptors (Lipinski definition) is 5. The second-order valence-corrected chi connectivity index (χ2v) is 4.87. The van der Waals surface area contributed by atoms with Crippen LogP contribution in [0.15, 0.2) is 24.3 Å². The van der Waals surface area contributed by atoms with Gasteiger partial charge in [-0.15, -0.1) is 0 Å². The fourth-order valence-electron chi connectivity index (χ4n) is 1.36. The summed E-state index contributed by atoms with van der Waals surface area (Å²) in [6.45, 7) is 0. The van der Waals surface area contributed by atoms with Gasteiger partial charge in [-0.1, -0.05) is 34.8 Å². The van der Waals surface area contributed by atoms with Crippen molar-refractivity contribution < 1.29 is 9.66 Å². The molecule has 2 rings (SSSR count). The maximum atomic E-state index is 10.7. The first kappa shape index (κ1) is 14.6. The Hall–Kier alpha value is -1.76. The Morgan fingerprint density at radius 2 is 1.75 bits per heavy atom. The largest absolute Gasteiger partial charge is 0.437 e. The zero-order valence-corrected chi connectivity index (χ0v) is 11.9. The highest BCUT2D eigenvalue weighted by Gasteiger charge is 2.14. The Labute approximate surface area is 128 Å². The van der Waals surface area contributed by atoms with Crippen molar-refractivity contribution in [2.45, 2.75) is 0 Å². The molecule has 0 saturated carbocycles. The summed E-state index contributed by atoms with van der Waals surface area (Å²) in [5, 5.41) is 11.4. The van der Waals surface area contributed by atoms with Gasteiger partial charge in [0.05, 0.1) is 32.1 Å². The monoisotopic (exact) mass is 333 g/mol. The number of nitrogens with two attached hydrogens (primary N) is 1. The summed E-state index contributed by atoms with van der Waals surface area (Å²) in [5.74, 6) is 0.0378. The second-order valence-electron chi connectivity index (χ2n) is 3.64. The normalized spacial score (nSPS) is 10.3. The van der Waals surface area contributed by atoms with Gasteiger partial charge in [-0.2, -0.15) is 4.98 Å². The Morgan fingerprint density at radius 1 is 1.10 bits per heavy atom. The molecule has 2 N–H and O–H groups in total. The van der Waals surface area contributed by atoms with Crippen molar-refractivity contribution in [3.63, 3.8) is 0 Å². The van der Waals surface area contributed by atoms with Crippen LogP contribution in [-0.4, -0.2) is 9.91 Å². The van der Waals surface area contributed by atoms with E-state index in [1.807, 2.05) is 0 Å². The molecule has 0 saturated heterocycles. The van der Waals surface area contributed by atoms with Crippen LogP contribution in [0.1, 0.15) is 0 Å². The molecule has 0 spiro atoms. The number of nitrogens with zero attached hydrogens (tertiary/aromatic N) is 2. The van der Waals surface area contributed by atoms with Crippen molar-refractivity contribution in [3.05, 3.63) is 49.4 Å². The van der Waals surface area contributed by atoms with Crippen molar-refractivity contribution in [1.82, 2.24) is 4.98 Å². The zero-order chi connectivity index (χ0) is 14.9. The van der Waals surface area contributed by atoms with E-state index in [1.165, 1.54) is 12.1 Å². The molecule has 1 aromatic carbocycles. The number of rotatable bonds is 3. The van der Waals surface area contributed by atoms with Gasteiger partial charge >= 0.3 is 0 Å². The average Bonchev–Trinajstić information content (AvgIpc) is 2.35. The van der Waals surface area contributed by atoms with Crippen LogP contribution >= 0.6 is 34.8 Å². The number of anilines is 1. The summed E-state index contributed by atoms with van der Waals surface area (Å²) in [6.07, 6.45) is 0. The molecular formula is C11H6Cl3N3O3. The highest BCUT2D eigenvalue weighted by Crippen LogP contribution is 2.36. The molecule has 1 heterocycles. The van der Waals surface area contributed by atoms with E-state index in [4.69, 9.17) is 45.3 Å². The van der Waals surface area contributed by atoms with Crippen LogP contribution in [0.5, 0.6) is 11.6 Å². The average molecular weight is 335 g/mol. The molecule has 0 unspecified atom stereocenters. The molecule has 1 aromatic heterocycles. The second kappa shape index (κ2) is 5.70. The first-order chi connectivity index (χ1) is 9.36. The summed E-state index contributed by atoms with van der Waals surface area (Å²) in [4.78, 5) is 13.9. The SMILES string of the molecule is Nc1cc([N+](=O)[O-])cc(Oc2cc(Cl)c(Cl)cc2Cl)n1. The lowest BCUT2D eigenvalue weighted by Gasteiger charge is -2.08. The van der Waals surface area contributed by atoms with E-state index in [0.717, 1.165) is 12.1 Å². The van der Waals surface area contributed by atoms with Crippen molar-refractivity contribution in [2.24, 2.45) is 0 Å². The van der Waals surface area contributed by atoms with Crippen LogP contribution in [0.3, 0.4) is 0 Å². The molecule has 0 aliphatic heterocycles. The van der Waals surface area contributed by atoms with E-state index in [-0.39, 0.29) is 38.2 Å². The van der Waals surface area contributed by atoms with E-state index >= 15 is 0 Å². The minimum atomic E-state index is -0.610. The first-order valence-electron chi connectivity index (χ1n) is 5.11.